The minimum Gasteiger partial charge on any atom is -0.294 e. The van der Waals surface area contributed by atoms with E-state index in [9.17, 15) is 0 Å². The number of hydrogen-bond donors (Lipinski definition) is 2. The van der Waals surface area contributed by atoms with Crippen LogP contribution in [0.5, 0.6) is 0 Å². The Hall–Kier alpha value is 0.130. The molecule has 0 unspecified atom stereocenters. The Morgan fingerprint density at radius 1 is 1.50 bits per heavy atom. The van der Waals surface area contributed by atoms with Gasteiger partial charge in [0.1, 0.15) is 6.67 Å². The van der Waals surface area contributed by atoms with Crippen molar-refractivity contribution in [1.29, 1.82) is 0 Å². The maximum absolute atomic E-state index is 4.05. The van der Waals surface area contributed by atoms with E-state index in [4.69, 9.17) is 0 Å². The highest BCUT2D eigenvalue weighted by Crippen LogP contribution is 2.02. The van der Waals surface area contributed by atoms with Crippen molar-refractivity contribution >= 4 is 32.0 Å². The summed E-state index contributed by atoms with van der Waals surface area (Å²) >= 11 is 8.06. The minimum atomic E-state index is 0.653. The van der Waals surface area contributed by atoms with E-state index in [-0.39, 0.29) is 0 Å². The van der Waals surface area contributed by atoms with E-state index < -0.39 is 0 Å². The van der Waals surface area contributed by atoms with Crippen LogP contribution in [-0.2, 0) is 0 Å². The molecule has 1 rings (SSSR count). The maximum Gasteiger partial charge on any atom is 0.104 e. The summed E-state index contributed by atoms with van der Waals surface area (Å²) in [5, 5.41) is 0. The Kier molecular flexibility index (Phi) is 2.04. The lowest BCUT2D eigenvalue weighted by atomic mass is 10.8. The van der Waals surface area contributed by atoms with Gasteiger partial charge in [-0.05, 0) is 0 Å². The first-order valence-electron chi connectivity index (χ1n) is 2.18. The third kappa shape index (κ3) is 1.57. The highest BCUT2D eigenvalue weighted by atomic mass is 32.1. The number of rotatable bonds is 0. The first-order valence-corrected chi connectivity index (χ1v) is 2.98. The van der Waals surface area contributed by atoms with Crippen molar-refractivity contribution < 1.29 is 0 Å². The molecule has 0 aromatic heterocycles. The molecule has 0 radical (unpaired) electrons. The summed E-state index contributed by atoms with van der Waals surface area (Å²) in [6.07, 6.45) is 1.68. The lowest BCUT2D eigenvalue weighted by Crippen LogP contribution is -2.30. The van der Waals surface area contributed by atoms with Gasteiger partial charge in [-0.15, -0.1) is 0 Å². The van der Waals surface area contributed by atoms with Crippen molar-refractivity contribution in [2.75, 3.05) is 13.3 Å². The molecule has 0 aromatic rings. The van der Waals surface area contributed by atoms with Gasteiger partial charge in [0.05, 0.1) is 13.0 Å². The smallest absolute Gasteiger partial charge is 0.104 e. The molecule has 0 N–H and O–H groups in total. The predicted octanol–water partition coefficient (Wildman–Crippen LogP) is 0.237. The standard InChI is InChI=1S/C3H7N3S2/c7-5-1-4-2-6(8)3-5/h1,7-8H,2-3H2. The van der Waals surface area contributed by atoms with Crippen LogP contribution in [0.1, 0.15) is 0 Å². The Morgan fingerprint density at radius 3 is 2.62 bits per heavy atom. The van der Waals surface area contributed by atoms with Crippen molar-refractivity contribution in [3.63, 3.8) is 0 Å². The summed E-state index contributed by atoms with van der Waals surface area (Å²) in [7, 11) is 0. The van der Waals surface area contributed by atoms with Crippen LogP contribution in [-0.4, -0.2) is 28.3 Å². The van der Waals surface area contributed by atoms with Crippen molar-refractivity contribution in [2.45, 2.75) is 0 Å². The largest absolute Gasteiger partial charge is 0.294 e. The van der Waals surface area contributed by atoms with Gasteiger partial charge in [0, 0.05) is 0 Å². The van der Waals surface area contributed by atoms with E-state index in [2.05, 4.69) is 30.6 Å². The quantitative estimate of drug-likeness (QED) is 0.481. The molecule has 0 spiro atoms. The molecule has 0 fully saturated rings. The van der Waals surface area contributed by atoms with Crippen LogP contribution in [0.3, 0.4) is 0 Å². The average Bonchev–Trinajstić information content (AvgIpc) is 1.64. The van der Waals surface area contributed by atoms with Gasteiger partial charge >= 0.3 is 0 Å². The second-order valence-electron chi connectivity index (χ2n) is 1.53. The van der Waals surface area contributed by atoms with Crippen LogP contribution < -0.4 is 0 Å². The third-order valence-electron chi connectivity index (χ3n) is 0.768. The molecular formula is C3H7N3S2. The van der Waals surface area contributed by atoms with Crippen molar-refractivity contribution in [3.05, 3.63) is 0 Å². The lowest BCUT2D eigenvalue weighted by Gasteiger charge is -2.22. The van der Waals surface area contributed by atoms with E-state index in [1.807, 2.05) is 0 Å². The molecule has 0 aliphatic carbocycles. The normalized spacial score (nSPS) is 22.0. The van der Waals surface area contributed by atoms with Gasteiger partial charge in [-0.2, -0.15) is 0 Å². The monoisotopic (exact) mass is 149 g/mol. The molecule has 1 heterocycles. The van der Waals surface area contributed by atoms with Crippen molar-refractivity contribution in [2.24, 2.45) is 4.99 Å². The molecule has 0 aromatic carbocycles. The highest BCUT2D eigenvalue weighted by molar-refractivity contribution is 7.78. The van der Waals surface area contributed by atoms with E-state index in [0.29, 0.717) is 6.67 Å². The molecule has 5 heteroatoms. The van der Waals surface area contributed by atoms with E-state index in [1.54, 1.807) is 14.9 Å². The number of hydrogen-bond acceptors (Lipinski definition) is 5. The Bertz CT molecular complexity index is 105. The highest BCUT2D eigenvalue weighted by Gasteiger charge is 2.04. The molecule has 8 heavy (non-hydrogen) atoms. The second-order valence-corrected chi connectivity index (χ2v) is 2.61. The van der Waals surface area contributed by atoms with Crippen LogP contribution in [0.2, 0.25) is 0 Å². The van der Waals surface area contributed by atoms with E-state index >= 15 is 0 Å². The number of thiol groups is 2. The molecule has 0 amide bonds. The van der Waals surface area contributed by atoms with E-state index in [0.717, 1.165) is 6.67 Å². The number of aliphatic imine (C=N–C) groups is 1. The molecular weight excluding hydrogens is 142 g/mol. The molecule has 1 aliphatic rings. The zero-order chi connectivity index (χ0) is 5.98. The summed E-state index contributed by atoms with van der Waals surface area (Å²) in [6, 6.07) is 0. The molecule has 3 nitrogen and oxygen atoms in total. The van der Waals surface area contributed by atoms with Crippen LogP contribution in [0.4, 0.5) is 0 Å². The van der Waals surface area contributed by atoms with Crippen molar-refractivity contribution in [1.82, 2.24) is 8.61 Å². The summed E-state index contributed by atoms with van der Waals surface area (Å²) in [6.45, 7) is 1.37. The zero-order valence-electron chi connectivity index (χ0n) is 4.23. The summed E-state index contributed by atoms with van der Waals surface area (Å²) in [4.78, 5) is 3.91. The summed E-state index contributed by atoms with van der Waals surface area (Å²) in [5.41, 5.74) is 0. The molecule has 0 saturated heterocycles. The topological polar surface area (TPSA) is 18.8 Å². The second kappa shape index (κ2) is 2.61. The Labute approximate surface area is 59.5 Å². The SMILES string of the molecule is SN1C=NCN(S)C1. The first kappa shape index (κ1) is 6.25. The van der Waals surface area contributed by atoms with Crippen LogP contribution >= 0.6 is 25.6 Å². The van der Waals surface area contributed by atoms with Gasteiger partial charge in [-0.3, -0.25) is 9.30 Å². The number of nitrogens with zero attached hydrogens (tertiary/aromatic N) is 3. The summed E-state index contributed by atoms with van der Waals surface area (Å²) in [5.74, 6) is 0. The fourth-order valence-electron chi connectivity index (χ4n) is 0.474. The van der Waals surface area contributed by atoms with Crippen LogP contribution in [0, 0.1) is 0 Å². The third-order valence-corrected chi connectivity index (χ3v) is 1.25. The van der Waals surface area contributed by atoms with Gasteiger partial charge in [0.25, 0.3) is 0 Å². The van der Waals surface area contributed by atoms with Gasteiger partial charge < -0.3 is 0 Å². The fourth-order valence-corrected chi connectivity index (χ4v) is 1.01. The zero-order valence-corrected chi connectivity index (χ0v) is 6.02. The molecule has 1 aliphatic heterocycles. The van der Waals surface area contributed by atoms with Crippen LogP contribution in [0.15, 0.2) is 4.99 Å². The van der Waals surface area contributed by atoms with Gasteiger partial charge in [-0.1, -0.05) is 25.6 Å². The molecule has 46 valence electrons. The predicted molar refractivity (Wildman–Crippen MR) is 39.9 cm³/mol. The Balaban J connectivity index is 2.42. The first-order chi connectivity index (χ1) is 3.79. The average molecular weight is 149 g/mol. The molecule has 0 atom stereocenters. The van der Waals surface area contributed by atoms with Crippen LogP contribution in [0.25, 0.3) is 0 Å². The lowest BCUT2D eigenvalue weighted by molar-refractivity contribution is 0.396. The van der Waals surface area contributed by atoms with Gasteiger partial charge in [-0.25, -0.2) is 4.31 Å². The Morgan fingerprint density at radius 2 is 2.25 bits per heavy atom. The van der Waals surface area contributed by atoms with Gasteiger partial charge in [0.2, 0.25) is 0 Å². The van der Waals surface area contributed by atoms with E-state index in [1.165, 1.54) is 0 Å². The molecule has 0 bridgehead atoms. The summed E-state index contributed by atoms with van der Waals surface area (Å²) < 4.78 is 3.42. The molecule has 0 saturated carbocycles. The minimum absolute atomic E-state index is 0.653. The maximum atomic E-state index is 4.05. The van der Waals surface area contributed by atoms with Crippen molar-refractivity contribution in [3.8, 4) is 0 Å². The fraction of sp³-hybridized carbons (Fsp3) is 0.667. The van der Waals surface area contributed by atoms with Gasteiger partial charge in [0.15, 0.2) is 0 Å².